The van der Waals surface area contributed by atoms with Gasteiger partial charge in [0.1, 0.15) is 5.75 Å². The van der Waals surface area contributed by atoms with Crippen LogP contribution in [0.2, 0.25) is 0 Å². The first-order chi connectivity index (χ1) is 13.2. The zero-order valence-electron chi connectivity index (χ0n) is 21.3. The molecule has 0 spiro atoms. The average molecular weight is 771 g/mol. The summed E-state index contributed by atoms with van der Waals surface area (Å²) < 4.78 is 5.21. The van der Waals surface area contributed by atoms with Crippen molar-refractivity contribution in [3.05, 3.63) is 124 Å². The van der Waals surface area contributed by atoms with Crippen LogP contribution in [0.4, 0.5) is 0 Å². The Kier molecular flexibility index (Phi) is 108. The van der Waals surface area contributed by atoms with Crippen molar-refractivity contribution >= 4 is 5.78 Å². The van der Waals surface area contributed by atoms with Gasteiger partial charge in [-0.25, -0.2) is 0 Å². The van der Waals surface area contributed by atoms with E-state index in [-0.39, 0.29) is 171 Å². The number of benzene rings is 3. The van der Waals surface area contributed by atoms with Gasteiger partial charge in [0.25, 0.3) is 0 Å². The predicted molar refractivity (Wildman–Crippen MR) is 174 cm³/mol. The number of ether oxygens (including phenoxy) is 1. The Morgan fingerprint density at radius 3 is 1.18 bits per heavy atom. The smallest absolute Gasteiger partial charge is 0.162 e. The summed E-state index contributed by atoms with van der Waals surface area (Å²) in [5.74, 6) is 1.15. The number of hydrogen-bond donors (Lipinski definition) is 0. The van der Waals surface area contributed by atoms with E-state index in [1.165, 1.54) is 5.56 Å². The van der Waals surface area contributed by atoms with E-state index in [0.717, 1.165) is 24.3 Å². The predicted octanol–water partition coefficient (Wildman–Crippen LogP) is 11.8. The second-order valence-corrected chi connectivity index (χ2v) is 5.73. The fourth-order valence-corrected chi connectivity index (χ4v) is 2.23. The SMILES string of the molecule is C.C.C.C.C.C.CCC(=O)c1ccccc1.CCOc1ccccc1.CCc1ccccc1.[CH3-].[CH3-].[CH3-].[Y].[Y].[Y]. The van der Waals surface area contributed by atoms with Gasteiger partial charge in [0.15, 0.2) is 5.78 Å². The molecule has 0 bridgehead atoms. The maximum atomic E-state index is 11.0. The summed E-state index contributed by atoms with van der Waals surface area (Å²) in [7, 11) is 0. The summed E-state index contributed by atoms with van der Waals surface area (Å²) in [5.41, 5.74) is 2.22. The molecule has 0 fully saturated rings. The first-order valence-electron chi connectivity index (χ1n) is 9.51. The van der Waals surface area contributed by atoms with Crippen molar-refractivity contribution in [2.75, 3.05) is 6.61 Å². The zero-order valence-corrected chi connectivity index (χ0v) is 29.8. The Labute approximate surface area is 324 Å². The summed E-state index contributed by atoms with van der Waals surface area (Å²) in [6.45, 7) is 6.75. The Morgan fingerprint density at radius 2 is 0.897 bits per heavy atom. The molecule has 0 saturated carbocycles. The topological polar surface area (TPSA) is 26.3 Å². The van der Waals surface area contributed by atoms with Crippen LogP contribution in [0, 0.1) is 22.3 Å². The second kappa shape index (κ2) is 54.5. The number of ketones is 1. The summed E-state index contributed by atoms with van der Waals surface area (Å²) in [6, 6.07) is 29.6. The van der Waals surface area contributed by atoms with Crippen molar-refractivity contribution in [2.45, 2.75) is 78.2 Å². The van der Waals surface area contributed by atoms with Crippen LogP contribution in [0.15, 0.2) is 91.0 Å². The molecule has 223 valence electrons. The van der Waals surface area contributed by atoms with Gasteiger partial charge in [0.2, 0.25) is 0 Å². The fraction of sp³-hybridized carbons (Fsp3) is 0.353. The minimum atomic E-state index is 0. The fourth-order valence-electron chi connectivity index (χ4n) is 2.23. The van der Waals surface area contributed by atoms with Gasteiger partial charge >= 0.3 is 0 Å². The van der Waals surface area contributed by atoms with Crippen LogP contribution in [0.5, 0.6) is 5.75 Å². The maximum Gasteiger partial charge on any atom is 0.162 e. The normalized spacial score (nSPS) is 6.33. The molecule has 0 N–H and O–H groups in total. The molecule has 2 nitrogen and oxygen atoms in total. The molecule has 0 amide bonds. The first-order valence-corrected chi connectivity index (χ1v) is 9.51. The molecule has 39 heavy (non-hydrogen) atoms. The molecule has 0 saturated heterocycles. The molecule has 3 aromatic carbocycles. The molecular formula is C34H63O2Y3-3. The van der Waals surface area contributed by atoms with E-state index < -0.39 is 0 Å². The number of carbonyl (C=O) groups is 1. The van der Waals surface area contributed by atoms with E-state index in [0.29, 0.717) is 6.42 Å². The van der Waals surface area contributed by atoms with Gasteiger partial charge in [-0.3, -0.25) is 4.79 Å². The summed E-state index contributed by atoms with van der Waals surface area (Å²) in [6.07, 6.45) is 1.73. The molecule has 5 heteroatoms. The van der Waals surface area contributed by atoms with Crippen molar-refractivity contribution in [3.8, 4) is 5.75 Å². The zero-order chi connectivity index (χ0) is 19.7. The van der Waals surface area contributed by atoms with Crippen molar-refractivity contribution in [1.29, 1.82) is 0 Å². The largest absolute Gasteiger partial charge is 0.494 e. The van der Waals surface area contributed by atoms with Crippen molar-refractivity contribution < 1.29 is 108 Å². The van der Waals surface area contributed by atoms with Crippen LogP contribution in [-0.4, -0.2) is 12.4 Å². The quantitative estimate of drug-likeness (QED) is 0.191. The minimum Gasteiger partial charge on any atom is -0.494 e. The number of rotatable bonds is 5. The number of aryl methyl sites for hydroxylation is 1. The summed E-state index contributed by atoms with van der Waals surface area (Å²) in [5, 5.41) is 0. The van der Waals surface area contributed by atoms with Crippen LogP contribution in [0.25, 0.3) is 0 Å². The van der Waals surface area contributed by atoms with Gasteiger partial charge in [0.05, 0.1) is 6.61 Å². The molecule has 3 radical (unpaired) electrons. The maximum absolute atomic E-state index is 11.0. The van der Waals surface area contributed by atoms with E-state index in [1.54, 1.807) is 0 Å². The Balaban J connectivity index is -0.0000000244. The van der Waals surface area contributed by atoms with Crippen LogP contribution in [0.3, 0.4) is 0 Å². The summed E-state index contributed by atoms with van der Waals surface area (Å²) >= 11 is 0. The molecule has 0 aromatic heterocycles. The Morgan fingerprint density at radius 1 is 0.564 bits per heavy atom. The van der Waals surface area contributed by atoms with Crippen LogP contribution < -0.4 is 4.74 Å². The molecule has 0 atom stereocenters. The number of Topliss-reactive ketones (excluding diaryl/α,β-unsaturated/α-hetero) is 1. The van der Waals surface area contributed by atoms with Crippen LogP contribution in [-0.2, 0) is 105 Å². The standard InChI is InChI=1S/C9H10O.C8H10O.C8H10.6CH4.3CH3.3Y/c1-2-9(10)8-6-4-3-5-7-8;1-2-9-8-6-4-3-5-7-8;1-2-8-6-4-3-5-7-8;;;;;;;;;;;;/h3-7H,2H2,1H3;3-7H,2H2,1H3;3-7H,2H2,1H3;6*1H4;3*1H3;;;/q;;;;;;;;;3*-1;;;. The Hall–Kier alpha value is 0.442. The van der Waals surface area contributed by atoms with Crippen molar-refractivity contribution in [1.82, 2.24) is 0 Å². The molecular weight excluding hydrogens is 707 g/mol. The molecule has 0 aliphatic heterocycles. The van der Waals surface area contributed by atoms with Gasteiger partial charge in [0, 0.05) is 110 Å². The molecule has 3 aromatic rings. The van der Waals surface area contributed by atoms with Gasteiger partial charge < -0.3 is 27.0 Å². The third-order valence-electron chi connectivity index (χ3n) is 3.72. The van der Waals surface area contributed by atoms with E-state index in [9.17, 15) is 4.79 Å². The number of para-hydroxylation sites is 1. The monoisotopic (exact) mass is 770 g/mol. The van der Waals surface area contributed by atoms with Crippen molar-refractivity contribution in [3.63, 3.8) is 0 Å². The summed E-state index contributed by atoms with van der Waals surface area (Å²) in [4.78, 5) is 11.0. The van der Waals surface area contributed by atoms with Crippen LogP contribution >= 0.6 is 0 Å². The Bertz CT molecular complexity index is 738. The van der Waals surface area contributed by atoms with Gasteiger partial charge in [-0.05, 0) is 31.0 Å². The minimum absolute atomic E-state index is 0. The van der Waals surface area contributed by atoms with E-state index in [4.69, 9.17) is 4.74 Å². The van der Waals surface area contributed by atoms with E-state index in [1.807, 2.05) is 80.6 Å². The third kappa shape index (κ3) is 40.6. The van der Waals surface area contributed by atoms with Crippen molar-refractivity contribution in [2.24, 2.45) is 0 Å². The van der Waals surface area contributed by atoms with E-state index in [2.05, 4.69) is 31.2 Å². The molecule has 0 aliphatic carbocycles. The third-order valence-corrected chi connectivity index (χ3v) is 3.72. The first kappa shape index (κ1) is 77.4. The van der Waals surface area contributed by atoms with Crippen LogP contribution in [0.1, 0.15) is 87.7 Å². The number of hydrogen-bond acceptors (Lipinski definition) is 2. The van der Waals surface area contributed by atoms with Gasteiger partial charge in [-0.1, -0.05) is 137 Å². The molecule has 0 unspecified atom stereocenters. The average Bonchev–Trinajstić information content (AvgIpc) is 2.76. The number of carbonyl (C=O) groups excluding carboxylic acids is 1. The molecule has 0 heterocycles. The molecule has 3 rings (SSSR count). The second-order valence-electron chi connectivity index (χ2n) is 5.73. The van der Waals surface area contributed by atoms with E-state index >= 15 is 0 Å². The van der Waals surface area contributed by atoms with Gasteiger partial charge in [-0.15, -0.1) is 0 Å². The van der Waals surface area contributed by atoms with Gasteiger partial charge in [-0.2, -0.15) is 0 Å². The molecule has 0 aliphatic rings.